The molecule has 1 aromatic rings. The second kappa shape index (κ2) is 5.80. The normalized spacial score (nSPS) is 11.1. The number of hydrogen-bond acceptors (Lipinski definition) is 3. The minimum absolute atomic E-state index is 0.0236. The molecule has 3 heteroatoms. The monoisotopic (exact) mass is 248 g/mol. The Balaban J connectivity index is 2.49. The zero-order valence-electron chi connectivity index (χ0n) is 11.4. The first-order valence-corrected chi connectivity index (χ1v) is 6.09. The fraction of sp³-hybridized carbons (Fsp3) is 0.467. The molecule has 0 bridgehead atoms. The summed E-state index contributed by atoms with van der Waals surface area (Å²) in [7, 11) is 0. The van der Waals surface area contributed by atoms with Crippen LogP contribution in [0.25, 0.3) is 0 Å². The summed E-state index contributed by atoms with van der Waals surface area (Å²) in [6, 6.07) is 7.38. The van der Waals surface area contributed by atoms with Gasteiger partial charge in [-0.25, -0.2) is 0 Å². The molecule has 0 amide bonds. The molecule has 98 valence electrons. The van der Waals surface area contributed by atoms with Gasteiger partial charge < -0.3 is 4.74 Å². The molecule has 0 spiro atoms. The molecule has 0 radical (unpaired) electrons. The van der Waals surface area contributed by atoms with Crippen molar-refractivity contribution >= 4 is 11.8 Å². The molecule has 18 heavy (non-hydrogen) atoms. The molecule has 0 aliphatic heterocycles. The van der Waals surface area contributed by atoms with Gasteiger partial charge in [0, 0.05) is 12.0 Å². The second-order valence-corrected chi connectivity index (χ2v) is 5.38. The van der Waals surface area contributed by atoms with Crippen molar-refractivity contribution in [3.05, 3.63) is 35.4 Å². The number of rotatable bonds is 4. The third kappa shape index (κ3) is 5.13. The van der Waals surface area contributed by atoms with E-state index in [1.54, 1.807) is 6.07 Å². The number of ketones is 1. The fourth-order valence-electron chi connectivity index (χ4n) is 1.57. The lowest BCUT2D eigenvalue weighted by Gasteiger charge is -2.19. The number of ether oxygens (including phenoxy) is 1. The predicted octanol–water partition coefficient (Wildman–Crippen LogP) is 3.30. The molecule has 0 unspecified atom stereocenters. The summed E-state index contributed by atoms with van der Waals surface area (Å²) in [6.07, 6.45) is 0.322. The number of carbonyl (C=O) groups excluding carboxylic acids is 2. The van der Waals surface area contributed by atoms with Gasteiger partial charge in [-0.1, -0.05) is 23.8 Å². The van der Waals surface area contributed by atoms with Crippen molar-refractivity contribution in [2.75, 3.05) is 0 Å². The van der Waals surface area contributed by atoms with Crippen molar-refractivity contribution in [1.82, 2.24) is 0 Å². The first-order chi connectivity index (χ1) is 8.28. The van der Waals surface area contributed by atoms with Crippen LogP contribution in [0.15, 0.2) is 24.3 Å². The minimum atomic E-state index is -0.497. The summed E-state index contributed by atoms with van der Waals surface area (Å²) in [5.41, 5.74) is 1.19. The van der Waals surface area contributed by atoms with Crippen LogP contribution in [-0.4, -0.2) is 17.4 Å². The summed E-state index contributed by atoms with van der Waals surface area (Å²) in [5, 5.41) is 0. The van der Waals surface area contributed by atoms with Crippen LogP contribution in [0.3, 0.4) is 0 Å². The largest absolute Gasteiger partial charge is 0.460 e. The highest BCUT2D eigenvalue weighted by atomic mass is 16.6. The third-order valence-electron chi connectivity index (χ3n) is 2.32. The molecule has 0 N–H and O–H groups in total. The van der Waals surface area contributed by atoms with Crippen LogP contribution in [-0.2, 0) is 9.53 Å². The molecule has 0 saturated carbocycles. The molecule has 0 atom stereocenters. The van der Waals surface area contributed by atoms with E-state index in [1.165, 1.54) is 0 Å². The number of aryl methyl sites for hydroxylation is 1. The first kappa shape index (κ1) is 14.4. The third-order valence-corrected chi connectivity index (χ3v) is 2.32. The Morgan fingerprint density at radius 2 is 1.83 bits per heavy atom. The van der Waals surface area contributed by atoms with Crippen LogP contribution in [0, 0.1) is 6.92 Å². The van der Waals surface area contributed by atoms with E-state index in [1.807, 2.05) is 45.9 Å². The number of hydrogen-bond donors (Lipinski definition) is 0. The van der Waals surface area contributed by atoms with Gasteiger partial charge in [-0.05, 0) is 33.8 Å². The van der Waals surface area contributed by atoms with Crippen LogP contribution in [0.5, 0.6) is 0 Å². The predicted molar refractivity (Wildman–Crippen MR) is 70.6 cm³/mol. The number of carbonyl (C=O) groups is 2. The standard InChI is InChI=1S/C15H20O3/c1-11-6-5-7-12(10-11)13(16)8-9-14(17)18-15(2,3)4/h5-7,10H,8-9H2,1-4H3. The quantitative estimate of drug-likeness (QED) is 0.606. The Labute approximate surface area is 108 Å². The number of benzene rings is 1. The maximum atomic E-state index is 11.9. The summed E-state index contributed by atoms with van der Waals surface area (Å²) in [5.74, 6) is -0.354. The van der Waals surface area contributed by atoms with E-state index in [9.17, 15) is 9.59 Å². The topological polar surface area (TPSA) is 43.4 Å². The van der Waals surface area contributed by atoms with E-state index in [2.05, 4.69) is 0 Å². The molecular formula is C15H20O3. The highest BCUT2D eigenvalue weighted by Crippen LogP contribution is 2.12. The number of esters is 1. The van der Waals surface area contributed by atoms with Crippen LogP contribution in [0.1, 0.15) is 49.5 Å². The van der Waals surface area contributed by atoms with E-state index in [0.29, 0.717) is 5.56 Å². The van der Waals surface area contributed by atoms with Crippen LogP contribution in [0.4, 0.5) is 0 Å². The zero-order valence-corrected chi connectivity index (χ0v) is 11.4. The highest BCUT2D eigenvalue weighted by molar-refractivity contribution is 5.97. The number of Topliss-reactive ketones (excluding diaryl/α,β-unsaturated/α-hetero) is 1. The average molecular weight is 248 g/mol. The molecular weight excluding hydrogens is 228 g/mol. The van der Waals surface area contributed by atoms with Gasteiger partial charge in [-0.2, -0.15) is 0 Å². The van der Waals surface area contributed by atoms with Crippen molar-refractivity contribution in [2.45, 2.75) is 46.1 Å². The van der Waals surface area contributed by atoms with E-state index in [0.717, 1.165) is 5.56 Å². The van der Waals surface area contributed by atoms with Crippen molar-refractivity contribution in [2.24, 2.45) is 0 Å². The van der Waals surface area contributed by atoms with Crippen molar-refractivity contribution in [3.63, 3.8) is 0 Å². The van der Waals surface area contributed by atoms with Crippen molar-refractivity contribution < 1.29 is 14.3 Å². The van der Waals surface area contributed by atoms with Gasteiger partial charge in [0.05, 0.1) is 6.42 Å². The van der Waals surface area contributed by atoms with Gasteiger partial charge in [-0.15, -0.1) is 0 Å². The lowest BCUT2D eigenvalue weighted by molar-refractivity contribution is -0.154. The Kier molecular flexibility index (Phi) is 4.65. The summed E-state index contributed by atoms with van der Waals surface area (Å²) in [4.78, 5) is 23.3. The molecule has 0 fully saturated rings. The molecule has 0 saturated heterocycles. The highest BCUT2D eigenvalue weighted by Gasteiger charge is 2.17. The van der Waals surface area contributed by atoms with Crippen molar-refractivity contribution in [3.8, 4) is 0 Å². The lowest BCUT2D eigenvalue weighted by Crippen LogP contribution is -2.24. The van der Waals surface area contributed by atoms with Crippen LogP contribution in [0.2, 0.25) is 0 Å². The van der Waals surface area contributed by atoms with E-state index >= 15 is 0 Å². The summed E-state index contributed by atoms with van der Waals surface area (Å²) >= 11 is 0. The molecule has 1 rings (SSSR count). The van der Waals surface area contributed by atoms with E-state index < -0.39 is 5.60 Å². The van der Waals surface area contributed by atoms with E-state index in [-0.39, 0.29) is 24.6 Å². The van der Waals surface area contributed by atoms with Gasteiger partial charge in [0.1, 0.15) is 5.60 Å². The maximum Gasteiger partial charge on any atom is 0.306 e. The molecule has 1 aromatic carbocycles. The lowest BCUT2D eigenvalue weighted by atomic mass is 10.0. The molecule has 0 heterocycles. The first-order valence-electron chi connectivity index (χ1n) is 6.09. The molecule has 3 nitrogen and oxygen atoms in total. The molecule has 0 aliphatic carbocycles. The van der Waals surface area contributed by atoms with Crippen LogP contribution < -0.4 is 0 Å². The van der Waals surface area contributed by atoms with Gasteiger partial charge in [0.2, 0.25) is 0 Å². The van der Waals surface area contributed by atoms with Gasteiger partial charge in [0.15, 0.2) is 5.78 Å². The van der Waals surface area contributed by atoms with Gasteiger partial charge in [-0.3, -0.25) is 9.59 Å². The minimum Gasteiger partial charge on any atom is -0.460 e. The summed E-state index contributed by atoms with van der Waals surface area (Å²) in [6.45, 7) is 7.37. The smallest absolute Gasteiger partial charge is 0.306 e. The zero-order chi connectivity index (χ0) is 13.8. The Morgan fingerprint density at radius 1 is 1.17 bits per heavy atom. The van der Waals surface area contributed by atoms with Gasteiger partial charge >= 0.3 is 5.97 Å². The summed E-state index contributed by atoms with van der Waals surface area (Å²) < 4.78 is 5.16. The molecule has 0 aromatic heterocycles. The second-order valence-electron chi connectivity index (χ2n) is 5.38. The maximum absolute atomic E-state index is 11.9. The van der Waals surface area contributed by atoms with Crippen molar-refractivity contribution in [1.29, 1.82) is 0 Å². The molecule has 0 aliphatic rings. The SMILES string of the molecule is Cc1cccc(C(=O)CCC(=O)OC(C)(C)C)c1. The van der Waals surface area contributed by atoms with Gasteiger partial charge in [0.25, 0.3) is 0 Å². The Hall–Kier alpha value is -1.64. The van der Waals surface area contributed by atoms with Crippen LogP contribution >= 0.6 is 0 Å². The fourth-order valence-corrected chi connectivity index (χ4v) is 1.57. The van der Waals surface area contributed by atoms with E-state index in [4.69, 9.17) is 4.74 Å². The average Bonchev–Trinajstić information content (AvgIpc) is 2.23. The Morgan fingerprint density at radius 3 is 2.39 bits per heavy atom. The Bertz CT molecular complexity index is 441.